The monoisotopic (exact) mass is 278 g/mol. The van der Waals surface area contributed by atoms with Gasteiger partial charge in [-0.25, -0.2) is 4.79 Å². The van der Waals surface area contributed by atoms with E-state index < -0.39 is 5.97 Å². The van der Waals surface area contributed by atoms with Gasteiger partial charge in [0, 0.05) is 12.0 Å². The second-order valence-corrected chi connectivity index (χ2v) is 4.17. The summed E-state index contributed by atoms with van der Waals surface area (Å²) in [6.45, 7) is 5.20. The molecule has 0 aliphatic carbocycles. The number of hydrogen-bond donors (Lipinski definition) is 0. The van der Waals surface area contributed by atoms with Crippen LogP contribution >= 0.6 is 0 Å². The predicted molar refractivity (Wildman–Crippen MR) is 73.6 cm³/mol. The summed E-state index contributed by atoms with van der Waals surface area (Å²) in [6.07, 6.45) is 0.587. The van der Waals surface area contributed by atoms with Crippen LogP contribution in [0.4, 0.5) is 0 Å². The molecule has 0 bridgehead atoms. The summed E-state index contributed by atoms with van der Waals surface area (Å²) in [5.41, 5.74) is 0.339. The van der Waals surface area contributed by atoms with Gasteiger partial charge in [-0.05, 0) is 37.6 Å². The van der Waals surface area contributed by atoms with E-state index in [1.54, 1.807) is 38.3 Å². The Morgan fingerprint density at radius 2 is 1.75 bits per heavy atom. The molecule has 5 heteroatoms. The van der Waals surface area contributed by atoms with Gasteiger partial charge in [-0.3, -0.25) is 4.79 Å². The molecule has 0 fully saturated rings. The van der Waals surface area contributed by atoms with Gasteiger partial charge in [-0.15, -0.1) is 0 Å². The molecule has 1 rings (SSSR count). The molecule has 0 atom stereocenters. The zero-order chi connectivity index (χ0) is 15.0. The maximum atomic E-state index is 11.5. The van der Waals surface area contributed by atoms with Gasteiger partial charge in [0.15, 0.2) is 0 Å². The molecule has 0 aliphatic rings. The Balaban J connectivity index is 2.26. The Labute approximate surface area is 118 Å². The number of carbonyl (C=O) groups is 2. The summed E-state index contributed by atoms with van der Waals surface area (Å²) in [4.78, 5) is 22.6. The van der Waals surface area contributed by atoms with Crippen molar-refractivity contribution >= 4 is 11.9 Å². The number of ether oxygens (including phenoxy) is 3. The van der Waals surface area contributed by atoms with Crippen molar-refractivity contribution in [2.24, 2.45) is 0 Å². The van der Waals surface area contributed by atoms with Gasteiger partial charge in [-0.2, -0.15) is 0 Å². The van der Waals surface area contributed by atoms with Crippen LogP contribution in [0.5, 0.6) is 11.5 Å². The summed E-state index contributed by atoms with van der Waals surface area (Å²) in [5.74, 6) is 0.321. The van der Waals surface area contributed by atoms with Crippen LogP contribution in [0.15, 0.2) is 36.4 Å². The first kappa shape index (κ1) is 15.8. The molecule has 0 spiro atoms. The van der Waals surface area contributed by atoms with Gasteiger partial charge in [-0.1, -0.05) is 6.58 Å². The Bertz CT molecular complexity index is 476. The fraction of sp³-hybridized carbons (Fsp3) is 0.333. The van der Waals surface area contributed by atoms with Crippen molar-refractivity contribution < 1.29 is 23.8 Å². The van der Waals surface area contributed by atoms with E-state index in [2.05, 4.69) is 6.58 Å². The largest absolute Gasteiger partial charge is 0.497 e. The number of rotatable bonds is 7. The molecule has 20 heavy (non-hydrogen) atoms. The molecule has 0 radical (unpaired) electrons. The van der Waals surface area contributed by atoms with Gasteiger partial charge in [0.1, 0.15) is 11.5 Å². The van der Waals surface area contributed by atoms with E-state index in [9.17, 15) is 9.59 Å². The zero-order valence-electron chi connectivity index (χ0n) is 11.7. The molecule has 0 heterocycles. The van der Waals surface area contributed by atoms with Gasteiger partial charge in [0.2, 0.25) is 0 Å². The van der Waals surface area contributed by atoms with E-state index in [0.29, 0.717) is 23.5 Å². The van der Waals surface area contributed by atoms with E-state index in [0.717, 1.165) is 0 Å². The van der Waals surface area contributed by atoms with Crippen molar-refractivity contribution in [1.82, 2.24) is 0 Å². The molecular weight excluding hydrogens is 260 g/mol. The molecular formula is C15H18O5. The van der Waals surface area contributed by atoms with Gasteiger partial charge >= 0.3 is 11.9 Å². The van der Waals surface area contributed by atoms with E-state index in [4.69, 9.17) is 14.2 Å². The van der Waals surface area contributed by atoms with E-state index >= 15 is 0 Å². The first-order valence-corrected chi connectivity index (χ1v) is 6.20. The Morgan fingerprint density at radius 1 is 1.15 bits per heavy atom. The Kier molecular flexibility index (Phi) is 6.29. The van der Waals surface area contributed by atoms with Crippen LogP contribution in [0.25, 0.3) is 0 Å². The zero-order valence-corrected chi connectivity index (χ0v) is 11.7. The molecule has 0 amide bonds. The average molecular weight is 278 g/mol. The molecule has 0 N–H and O–H groups in total. The van der Waals surface area contributed by atoms with Crippen LogP contribution < -0.4 is 9.47 Å². The first-order chi connectivity index (χ1) is 9.52. The van der Waals surface area contributed by atoms with E-state index in [1.807, 2.05) is 0 Å². The number of benzene rings is 1. The molecule has 0 saturated heterocycles. The maximum absolute atomic E-state index is 11.5. The molecule has 1 aromatic carbocycles. The standard InChI is InChI=1S/C15H18O5/c1-11(2)15(17)19-10-4-5-14(16)20-13-8-6-12(18-3)7-9-13/h6-9H,1,4-5,10H2,2-3H3. The fourth-order valence-electron chi connectivity index (χ4n) is 1.33. The average Bonchev–Trinajstić information content (AvgIpc) is 2.44. The minimum absolute atomic E-state index is 0.170. The summed E-state index contributed by atoms with van der Waals surface area (Å²) in [5, 5.41) is 0. The number of hydrogen-bond acceptors (Lipinski definition) is 5. The predicted octanol–water partition coefficient (Wildman–Crippen LogP) is 2.50. The molecule has 1 aromatic rings. The minimum Gasteiger partial charge on any atom is -0.497 e. The van der Waals surface area contributed by atoms with Crippen molar-refractivity contribution in [3.05, 3.63) is 36.4 Å². The highest BCUT2D eigenvalue weighted by Crippen LogP contribution is 2.17. The van der Waals surface area contributed by atoms with Gasteiger partial charge in [0.05, 0.1) is 13.7 Å². The lowest BCUT2D eigenvalue weighted by molar-refractivity contribution is -0.141. The van der Waals surface area contributed by atoms with Crippen LogP contribution in [-0.4, -0.2) is 25.7 Å². The topological polar surface area (TPSA) is 61.8 Å². The fourth-order valence-corrected chi connectivity index (χ4v) is 1.33. The van der Waals surface area contributed by atoms with E-state index in [1.165, 1.54) is 0 Å². The normalized spacial score (nSPS) is 9.70. The third-order valence-electron chi connectivity index (χ3n) is 2.40. The van der Waals surface area contributed by atoms with Crippen molar-refractivity contribution in [1.29, 1.82) is 0 Å². The number of methoxy groups -OCH3 is 1. The SMILES string of the molecule is C=C(C)C(=O)OCCCC(=O)Oc1ccc(OC)cc1. The smallest absolute Gasteiger partial charge is 0.333 e. The summed E-state index contributed by atoms with van der Waals surface area (Å²) in [7, 11) is 1.56. The molecule has 108 valence electrons. The van der Waals surface area contributed by atoms with Crippen molar-refractivity contribution in [2.45, 2.75) is 19.8 Å². The summed E-state index contributed by atoms with van der Waals surface area (Å²) >= 11 is 0. The van der Waals surface area contributed by atoms with Crippen molar-refractivity contribution in [3.63, 3.8) is 0 Å². The quantitative estimate of drug-likeness (QED) is 0.332. The minimum atomic E-state index is -0.450. The van der Waals surface area contributed by atoms with Gasteiger partial charge < -0.3 is 14.2 Å². The van der Waals surface area contributed by atoms with Crippen molar-refractivity contribution in [2.75, 3.05) is 13.7 Å². The van der Waals surface area contributed by atoms with E-state index in [-0.39, 0.29) is 19.0 Å². The van der Waals surface area contributed by atoms with Crippen LogP contribution in [0.2, 0.25) is 0 Å². The van der Waals surface area contributed by atoms with Gasteiger partial charge in [0.25, 0.3) is 0 Å². The van der Waals surface area contributed by atoms with Crippen LogP contribution in [-0.2, 0) is 14.3 Å². The lowest BCUT2D eigenvalue weighted by Gasteiger charge is -2.06. The number of esters is 2. The second-order valence-electron chi connectivity index (χ2n) is 4.17. The highest BCUT2D eigenvalue weighted by molar-refractivity contribution is 5.86. The second kappa shape index (κ2) is 7.99. The highest BCUT2D eigenvalue weighted by Gasteiger charge is 2.07. The highest BCUT2D eigenvalue weighted by atomic mass is 16.5. The van der Waals surface area contributed by atoms with Crippen molar-refractivity contribution in [3.8, 4) is 11.5 Å². The number of carbonyl (C=O) groups excluding carboxylic acids is 2. The Hall–Kier alpha value is -2.30. The lowest BCUT2D eigenvalue weighted by atomic mass is 10.3. The molecule has 0 unspecified atom stereocenters. The van der Waals surface area contributed by atoms with Crippen LogP contribution in [0.3, 0.4) is 0 Å². The molecule has 5 nitrogen and oxygen atoms in total. The maximum Gasteiger partial charge on any atom is 0.333 e. The molecule has 0 aliphatic heterocycles. The molecule has 0 saturated carbocycles. The first-order valence-electron chi connectivity index (χ1n) is 6.20. The Morgan fingerprint density at radius 3 is 2.30 bits per heavy atom. The lowest BCUT2D eigenvalue weighted by Crippen LogP contribution is -2.11. The van der Waals surface area contributed by atoms with Crippen LogP contribution in [0.1, 0.15) is 19.8 Å². The molecule has 0 aromatic heterocycles. The van der Waals surface area contributed by atoms with Crippen LogP contribution in [0, 0.1) is 0 Å². The third-order valence-corrected chi connectivity index (χ3v) is 2.40. The third kappa shape index (κ3) is 5.56. The summed E-state index contributed by atoms with van der Waals surface area (Å²) in [6, 6.07) is 6.71. The summed E-state index contributed by atoms with van der Waals surface area (Å²) < 4.78 is 15.0.